The first-order chi connectivity index (χ1) is 22.7. The number of halogens is 5. The molecular weight excluding hydrogens is 637 g/mol. The van der Waals surface area contributed by atoms with Crippen molar-refractivity contribution in [2.75, 3.05) is 51.8 Å². The van der Waals surface area contributed by atoms with Gasteiger partial charge in [-0.15, -0.1) is 0 Å². The minimum atomic E-state index is -5.11. The maximum atomic E-state index is 16.3. The number of alkyl halides is 3. The summed E-state index contributed by atoms with van der Waals surface area (Å²) in [6.45, 7) is 8.66. The molecule has 0 aliphatic rings. The number of anilines is 2. The van der Waals surface area contributed by atoms with E-state index in [4.69, 9.17) is 10.5 Å². The first-order valence-corrected chi connectivity index (χ1v) is 15.4. The van der Waals surface area contributed by atoms with E-state index in [-0.39, 0.29) is 24.1 Å². The van der Waals surface area contributed by atoms with Crippen molar-refractivity contribution >= 4 is 23.9 Å². The Hall–Kier alpha value is -4.21. The van der Waals surface area contributed by atoms with Gasteiger partial charge in [0.15, 0.2) is 18.4 Å². The summed E-state index contributed by atoms with van der Waals surface area (Å²) >= 11 is 0. The monoisotopic (exact) mass is 681 g/mol. The van der Waals surface area contributed by atoms with E-state index in [1.807, 2.05) is 18.7 Å². The summed E-state index contributed by atoms with van der Waals surface area (Å²) in [7, 11) is 5.39. The molecule has 0 fully saturated rings. The Balaban J connectivity index is 0.00000392. The Labute approximate surface area is 277 Å². The highest BCUT2D eigenvalue weighted by atomic mass is 19.4. The molecule has 0 bridgehead atoms. The molecule has 2 aromatic heterocycles. The molecule has 1 atom stereocenters. The normalized spacial score (nSPS) is 11.9. The summed E-state index contributed by atoms with van der Waals surface area (Å²) in [5.41, 5.74) is 1.49. The average molecular weight is 682 g/mol. The average Bonchev–Trinajstić information content (AvgIpc) is 3.03. The van der Waals surface area contributed by atoms with Crippen molar-refractivity contribution in [1.82, 2.24) is 25.5 Å². The van der Waals surface area contributed by atoms with Gasteiger partial charge in [-0.25, -0.2) is 13.8 Å². The van der Waals surface area contributed by atoms with Gasteiger partial charge in [0.05, 0.1) is 23.0 Å². The molecule has 0 radical (unpaired) electrons. The van der Waals surface area contributed by atoms with Gasteiger partial charge < -0.3 is 31.3 Å². The van der Waals surface area contributed by atoms with Crippen LogP contribution in [0.4, 0.5) is 33.3 Å². The van der Waals surface area contributed by atoms with Crippen LogP contribution in [-0.4, -0.2) is 74.3 Å². The van der Waals surface area contributed by atoms with Crippen LogP contribution in [0.1, 0.15) is 70.3 Å². The third kappa shape index (κ3) is 10.1. The Morgan fingerprint density at radius 1 is 1.06 bits per heavy atom. The second-order valence-electron chi connectivity index (χ2n) is 11.0. The zero-order valence-electron chi connectivity index (χ0n) is 28.2. The van der Waals surface area contributed by atoms with E-state index < -0.39 is 63.6 Å². The molecular formula is C33H44F5N7O3. The summed E-state index contributed by atoms with van der Waals surface area (Å²) < 4.78 is 79.6. The topological polar surface area (TPSA) is 134 Å². The maximum absolute atomic E-state index is 16.3. The smallest absolute Gasteiger partial charge is 0.417 e. The summed E-state index contributed by atoms with van der Waals surface area (Å²) in [4.78, 5) is 33.8. The number of nitrogens with one attached hydrogen (secondary N) is 3. The minimum Gasteiger partial charge on any atom is -0.474 e. The van der Waals surface area contributed by atoms with E-state index >= 15 is 4.39 Å². The third-order valence-electron chi connectivity index (χ3n) is 7.04. The van der Waals surface area contributed by atoms with Crippen LogP contribution in [-0.2, 0) is 19.3 Å². The fourth-order valence-electron chi connectivity index (χ4n) is 4.80. The van der Waals surface area contributed by atoms with Crippen molar-refractivity contribution in [2.24, 2.45) is 0 Å². The summed E-state index contributed by atoms with van der Waals surface area (Å²) in [6.07, 6.45) is -3.03. The zero-order chi connectivity index (χ0) is 36.2. The van der Waals surface area contributed by atoms with E-state index in [2.05, 4.69) is 25.9 Å². The molecule has 3 rings (SSSR count). The third-order valence-corrected chi connectivity index (χ3v) is 7.04. The Kier molecular flexibility index (Phi) is 15.3. The van der Waals surface area contributed by atoms with E-state index in [9.17, 15) is 27.2 Å². The fraction of sp³-hybridized carbons (Fsp3) is 0.455. The number of hydrogen-bond donors (Lipinski definition) is 4. The summed E-state index contributed by atoms with van der Waals surface area (Å²) in [5, 5.41) is 8.96. The highest BCUT2D eigenvalue weighted by molar-refractivity contribution is 5.90. The Morgan fingerprint density at radius 3 is 2.33 bits per heavy atom. The van der Waals surface area contributed by atoms with Crippen molar-refractivity contribution in [3.63, 3.8) is 0 Å². The van der Waals surface area contributed by atoms with Gasteiger partial charge in [0.2, 0.25) is 5.88 Å². The van der Waals surface area contributed by atoms with Gasteiger partial charge in [-0.05, 0) is 76.8 Å². The highest BCUT2D eigenvalue weighted by Gasteiger charge is 2.39. The molecule has 264 valence electrons. The van der Waals surface area contributed by atoms with Gasteiger partial charge in [-0.3, -0.25) is 14.6 Å². The lowest BCUT2D eigenvalue weighted by atomic mass is 9.95. The predicted molar refractivity (Wildman–Crippen MR) is 176 cm³/mol. The van der Waals surface area contributed by atoms with Crippen molar-refractivity contribution in [2.45, 2.75) is 59.5 Å². The molecule has 0 amide bonds. The van der Waals surface area contributed by atoms with Crippen molar-refractivity contribution in [3.05, 3.63) is 63.5 Å². The molecule has 0 saturated carbocycles. The van der Waals surface area contributed by atoms with Gasteiger partial charge in [-0.1, -0.05) is 13.8 Å². The number of carbonyl (C=O) groups is 2. The second-order valence-corrected chi connectivity index (χ2v) is 11.0. The number of rotatable bonds is 16. The number of hydrogen-bond acceptors (Lipinski definition) is 10. The molecule has 2 heterocycles. The molecule has 10 nitrogen and oxygen atoms in total. The van der Waals surface area contributed by atoms with Crippen LogP contribution in [0, 0.1) is 18.6 Å². The van der Waals surface area contributed by atoms with Gasteiger partial charge >= 0.3 is 6.18 Å². The number of benzene rings is 1. The second kappa shape index (κ2) is 18.4. The lowest BCUT2D eigenvalue weighted by Crippen LogP contribution is -2.28. The molecule has 0 saturated heterocycles. The van der Waals surface area contributed by atoms with Gasteiger partial charge in [0.25, 0.3) is 0 Å². The number of nitrogens with two attached hydrogens (primary N) is 1. The van der Waals surface area contributed by atoms with Crippen LogP contribution in [0.25, 0.3) is 11.3 Å². The number of pyridine rings is 2. The summed E-state index contributed by atoms with van der Waals surface area (Å²) in [5.74, 6) is -3.03. The lowest BCUT2D eigenvalue weighted by molar-refractivity contribution is -0.137. The summed E-state index contributed by atoms with van der Waals surface area (Å²) in [6, 6.07) is 2.33. The van der Waals surface area contributed by atoms with Crippen molar-refractivity contribution in [1.29, 1.82) is 0 Å². The van der Waals surface area contributed by atoms with Crippen LogP contribution < -0.4 is 26.4 Å². The number of likely N-dealkylation sites (N-methyl/N-ethyl adjacent to an activating group) is 1. The van der Waals surface area contributed by atoms with Crippen LogP contribution in [0.3, 0.4) is 0 Å². The first kappa shape index (κ1) is 40.0. The first-order valence-electron chi connectivity index (χ1n) is 15.4. The number of carbonyl (C=O) groups excluding carboxylic acids is 2. The number of aromatic nitrogens is 2. The molecule has 0 aliphatic carbocycles. The standard InChI is InChI=1S/C31H38F5N7O3.C2H6/c1-17(6-7-39-9-8-38-3)46-30-22(15-44)28(41-13-19-10-20(14-43(4)5)24(16-45)40-12-19)27(33)29(42-30)21-11-23(37)26(32)18(2)25(21)31(34,35)36;1-2/h10-12,15-17,38-39H,6-9,13-14,37H2,1-5H3,(H,41,42);1-2H3. The van der Waals surface area contributed by atoms with Gasteiger partial charge in [-0.2, -0.15) is 13.2 Å². The predicted octanol–water partition coefficient (Wildman–Crippen LogP) is 5.62. The van der Waals surface area contributed by atoms with Crippen LogP contribution in [0.5, 0.6) is 5.88 Å². The highest BCUT2D eigenvalue weighted by Crippen LogP contribution is 2.44. The van der Waals surface area contributed by atoms with E-state index in [1.165, 1.54) is 6.20 Å². The molecule has 5 N–H and O–H groups in total. The van der Waals surface area contributed by atoms with E-state index in [1.54, 1.807) is 34.1 Å². The molecule has 0 spiro atoms. The Bertz CT molecular complexity index is 1550. The van der Waals surface area contributed by atoms with Gasteiger partial charge in [0.1, 0.15) is 22.8 Å². The maximum Gasteiger partial charge on any atom is 0.417 e. The molecule has 15 heteroatoms. The van der Waals surface area contributed by atoms with E-state index in [0.29, 0.717) is 56.1 Å². The van der Waals surface area contributed by atoms with E-state index in [0.717, 1.165) is 6.92 Å². The largest absolute Gasteiger partial charge is 0.474 e. The quantitative estimate of drug-likeness (QED) is 0.0653. The molecule has 1 aromatic carbocycles. The molecule has 48 heavy (non-hydrogen) atoms. The number of nitrogens with zero attached hydrogens (tertiary/aromatic N) is 3. The number of aldehydes is 2. The number of nitrogen functional groups attached to an aromatic ring is 1. The fourth-order valence-corrected chi connectivity index (χ4v) is 4.80. The zero-order valence-corrected chi connectivity index (χ0v) is 28.2. The molecule has 1 unspecified atom stereocenters. The molecule has 0 aliphatic heterocycles. The Morgan fingerprint density at radius 2 is 1.75 bits per heavy atom. The van der Waals surface area contributed by atoms with Crippen LogP contribution in [0.2, 0.25) is 0 Å². The lowest BCUT2D eigenvalue weighted by Gasteiger charge is -2.22. The van der Waals surface area contributed by atoms with Crippen molar-refractivity contribution < 1.29 is 36.3 Å². The molecule has 3 aromatic rings. The minimum absolute atomic E-state index is 0.144. The number of ether oxygens (including phenoxy) is 1. The van der Waals surface area contributed by atoms with Gasteiger partial charge in [0, 0.05) is 37.9 Å². The van der Waals surface area contributed by atoms with Crippen molar-refractivity contribution in [3.8, 4) is 17.1 Å². The SMILES string of the molecule is CC.CNCCNCCC(C)Oc1nc(-c2cc(N)c(F)c(C)c2C(F)(F)F)c(F)c(NCc2cnc(C=O)c(CN(C)C)c2)c1C=O. The van der Waals surface area contributed by atoms with Crippen LogP contribution in [0.15, 0.2) is 18.3 Å². The van der Waals surface area contributed by atoms with Crippen LogP contribution >= 0.6 is 0 Å².